The Balaban J connectivity index is 1.67. The molecule has 0 spiro atoms. The summed E-state index contributed by atoms with van der Waals surface area (Å²) in [6.07, 6.45) is 10.8. The lowest BCUT2D eigenvalue weighted by molar-refractivity contribution is -0.166. The van der Waals surface area contributed by atoms with Crippen LogP contribution in [0.3, 0.4) is 0 Å². The number of carbonyl (C=O) groups is 3. The maximum Gasteiger partial charge on any atom is 0.364 e. The third-order valence-electron chi connectivity index (χ3n) is 5.39. The number of unbranched alkanes of at least 4 members (excludes halogenated alkanes) is 9. The molecule has 0 saturated heterocycles. The average Bonchev–Trinajstić information content (AvgIpc) is 2.87. The molecule has 7 nitrogen and oxygen atoms in total. The van der Waals surface area contributed by atoms with Gasteiger partial charge >= 0.3 is 11.9 Å². The third kappa shape index (κ3) is 11.6. The van der Waals surface area contributed by atoms with Crippen molar-refractivity contribution in [2.75, 3.05) is 6.61 Å². The molecule has 0 N–H and O–H groups in total. The molecule has 0 bridgehead atoms. The summed E-state index contributed by atoms with van der Waals surface area (Å²) in [4.78, 5) is 35.4. The van der Waals surface area contributed by atoms with Crippen LogP contribution in [0.25, 0.3) is 0 Å². The monoisotopic (exact) mass is 484 g/mol. The van der Waals surface area contributed by atoms with Gasteiger partial charge in [-0.2, -0.15) is 0 Å². The van der Waals surface area contributed by atoms with Crippen molar-refractivity contribution in [2.45, 2.75) is 77.2 Å². The predicted molar refractivity (Wildman–Crippen MR) is 132 cm³/mol. The number of ether oxygens (including phenoxy) is 4. The Bertz CT molecular complexity index is 865. The average molecular weight is 485 g/mol. The number of benzene rings is 2. The van der Waals surface area contributed by atoms with Crippen LogP contribution in [0.4, 0.5) is 0 Å². The summed E-state index contributed by atoms with van der Waals surface area (Å²) < 4.78 is 20.6. The molecule has 0 radical (unpaired) electrons. The number of hydrogen-bond acceptors (Lipinski definition) is 7. The second-order valence-corrected chi connectivity index (χ2v) is 8.27. The molecule has 2 aromatic rings. The van der Waals surface area contributed by atoms with Crippen LogP contribution < -0.4 is 14.2 Å². The first kappa shape index (κ1) is 27.9. The van der Waals surface area contributed by atoms with Crippen molar-refractivity contribution in [3.05, 3.63) is 54.6 Å². The maximum atomic E-state index is 12.4. The SMILES string of the molecule is CCCCCCCCCCCCOc1ccc(OC(=O)C(OC=O)C(=O)Oc2ccccc2)cc1. The van der Waals surface area contributed by atoms with E-state index < -0.39 is 18.0 Å². The molecule has 0 aliphatic rings. The van der Waals surface area contributed by atoms with Crippen LogP contribution in [-0.4, -0.2) is 31.1 Å². The van der Waals surface area contributed by atoms with Crippen LogP contribution in [0.5, 0.6) is 17.2 Å². The Morgan fingerprint density at radius 2 is 1.17 bits per heavy atom. The van der Waals surface area contributed by atoms with Gasteiger partial charge in [0.2, 0.25) is 0 Å². The van der Waals surface area contributed by atoms with Crippen LogP contribution >= 0.6 is 0 Å². The highest BCUT2D eigenvalue weighted by Gasteiger charge is 2.32. The van der Waals surface area contributed by atoms with E-state index in [1.54, 1.807) is 42.5 Å². The molecule has 0 saturated carbocycles. The van der Waals surface area contributed by atoms with Gasteiger partial charge in [-0.25, -0.2) is 9.59 Å². The minimum Gasteiger partial charge on any atom is -0.494 e. The van der Waals surface area contributed by atoms with Crippen molar-refractivity contribution >= 4 is 18.4 Å². The van der Waals surface area contributed by atoms with E-state index in [0.717, 1.165) is 12.8 Å². The van der Waals surface area contributed by atoms with Gasteiger partial charge in [-0.3, -0.25) is 4.79 Å². The first-order valence-electron chi connectivity index (χ1n) is 12.4. The molecule has 0 aliphatic heterocycles. The lowest BCUT2D eigenvalue weighted by Gasteiger charge is -2.13. The zero-order valence-corrected chi connectivity index (χ0v) is 20.5. The van der Waals surface area contributed by atoms with E-state index in [2.05, 4.69) is 11.7 Å². The molecule has 0 heterocycles. The highest BCUT2D eigenvalue weighted by molar-refractivity contribution is 6.00. The van der Waals surface area contributed by atoms with Gasteiger partial charge in [-0.05, 0) is 42.8 Å². The highest BCUT2D eigenvalue weighted by atomic mass is 16.6. The Morgan fingerprint density at radius 1 is 0.686 bits per heavy atom. The van der Waals surface area contributed by atoms with E-state index >= 15 is 0 Å². The van der Waals surface area contributed by atoms with Gasteiger partial charge in [0, 0.05) is 0 Å². The zero-order chi connectivity index (χ0) is 25.1. The van der Waals surface area contributed by atoms with Crippen LogP contribution in [0.1, 0.15) is 71.1 Å². The molecular formula is C28H36O7. The number of rotatable bonds is 18. The van der Waals surface area contributed by atoms with Crippen LogP contribution in [0.15, 0.2) is 54.6 Å². The molecule has 7 heteroatoms. The van der Waals surface area contributed by atoms with Crippen molar-refractivity contribution < 1.29 is 33.3 Å². The highest BCUT2D eigenvalue weighted by Crippen LogP contribution is 2.19. The Kier molecular flexibility index (Phi) is 13.7. The summed E-state index contributed by atoms with van der Waals surface area (Å²) >= 11 is 0. The number of esters is 2. The van der Waals surface area contributed by atoms with Gasteiger partial charge in [-0.1, -0.05) is 82.9 Å². The van der Waals surface area contributed by atoms with Crippen molar-refractivity contribution in [1.29, 1.82) is 0 Å². The summed E-state index contributed by atoms with van der Waals surface area (Å²) in [5.74, 6) is -1.05. The Morgan fingerprint density at radius 3 is 1.71 bits per heavy atom. The summed E-state index contributed by atoms with van der Waals surface area (Å²) in [6, 6.07) is 14.6. The van der Waals surface area contributed by atoms with Gasteiger partial charge in [0.25, 0.3) is 12.6 Å². The van der Waals surface area contributed by atoms with Gasteiger partial charge in [0.05, 0.1) is 6.61 Å². The van der Waals surface area contributed by atoms with E-state index in [4.69, 9.17) is 14.2 Å². The third-order valence-corrected chi connectivity index (χ3v) is 5.39. The summed E-state index contributed by atoms with van der Waals surface area (Å²) in [7, 11) is 0. The van der Waals surface area contributed by atoms with Crippen molar-refractivity contribution in [1.82, 2.24) is 0 Å². The van der Waals surface area contributed by atoms with Gasteiger partial charge < -0.3 is 18.9 Å². The maximum absolute atomic E-state index is 12.4. The molecular weight excluding hydrogens is 448 g/mol. The summed E-state index contributed by atoms with van der Waals surface area (Å²) in [5, 5.41) is 0. The second-order valence-electron chi connectivity index (χ2n) is 8.27. The molecule has 0 amide bonds. The lowest BCUT2D eigenvalue weighted by Crippen LogP contribution is -2.38. The van der Waals surface area contributed by atoms with E-state index in [1.165, 1.54) is 63.5 Å². The predicted octanol–water partition coefficient (Wildman–Crippen LogP) is 6.04. The van der Waals surface area contributed by atoms with Crippen molar-refractivity contribution in [3.63, 3.8) is 0 Å². The first-order valence-corrected chi connectivity index (χ1v) is 12.4. The molecule has 190 valence electrons. The molecule has 0 aromatic heterocycles. The van der Waals surface area contributed by atoms with Gasteiger partial charge in [0.1, 0.15) is 17.2 Å². The van der Waals surface area contributed by atoms with Crippen LogP contribution in [-0.2, 0) is 19.1 Å². The molecule has 2 aromatic carbocycles. The second kappa shape index (κ2) is 17.1. The first-order chi connectivity index (χ1) is 17.1. The minimum atomic E-state index is -1.83. The number of hydrogen-bond donors (Lipinski definition) is 0. The largest absolute Gasteiger partial charge is 0.494 e. The van der Waals surface area contributed by atoms with E-state index in [0.29, 0.717) is 12.4 Å². The smallest absolute Gasteiger partial charge is 0.364 e. The summed E-state index contributed by atoms with van der Waals surface area (Å²) in [5.41, 5.74) is 0. The fourth-order valence-corrected chi connectivity index (χ4v) is 3.47. The molecule has 1 unspecified atom stereocenters. The van der Waals surface area contributed by atoms with E-state index in [1.807, 2.05) is 0 Å². The summed E-state index contributed by atoms with van der Waals surface area (Å²) in [6.45, 7) is 2.86. The number of carbonyl (C=O) groups excluding carboxylic acids is 3. The Labute approximate surface area is 207 Å². The van der Waals surface area contributed by atoms with Crippen molar-refractivity contribution in [2.24, 2.45) is 0 Å². The lowest BCUT2D eigenvalue weighted by atomic mass is 10.1. The topological polar surface area (TPSA) is 88.1 Å². The molecule has 0 fully saturated rings. The Hall–Kier alpha value is -3.35. The standard InChI is InChI=1S/C28H36O7/c1-2-3-4-5-6-7-8-9-10-14-21-32-23-17-19-25(20-18-23)35-28(31)26(33-22-29)27(30)34-24-15-12-11-13-16-24/h11-13,15-20,22,26H,2-10,14,21H2,1H3. The molecule has 2 rings (SSSR count). The van der Waals surface area contributed by atoms with Gasteiger partial charge in [-0.15, -0.1) is 0 Å². The quantitative estimate of drug-likeness (QED) is 0.0838. The van der Waals surface area contributed by atoms with E-state index in [9.17, 15) is 14.4 Å². The fourth-order valence-electron chi connectivity index (χ4n) is 3.47. The van der Waals surface area contributed by atoms with Crippen molar-refractivity contribution in [3.8, 4) is 17.2 Å². The minimum absolute atomic E-state index is 0.00271. The van der Waals surface area contributed by atoms with Gasteiger partial charge in [0.15, 0.2) is 0 Å². The fraction of sp³-hybridized carbons (Fsp3) is 0.464. The van der Waals surface area contributed by atoms with E-state index in [-0.39, 0.29) is 18.0 Å². The van der Waals surface area contributed by atoms with Crippen LogP contribution in [0.2, 0.25) is 0 Å². The number of para-hydroxylation sites is 1. The zero-order valence-electron chi connectivity index (χ0n) is 20.5. The molecule has 0 aliphatic carbocycles. The molecule has 35 heavy (non-hydrogen) atoms. The molecule has 1 atom stereocenters. The normalized spacial score (nSPS) is 11.3. The van der Waals surface area contributed by atoms with Crippen LogP contribution in [0, 0.1) is 0 Å².